The van der Waals surface area contributed by atoms with E-state index in [0.717, 1.165) is 0 Å². The third-order valence-electron chi connectivity index (χ3n) is 5.96. The summed E-state index contributed by atoms with van der Waals surface area (Å²) in [5.74, 6) is -4.00. The van der Waals surface area contributed by atoms with Gasteiger partial charge < -0.3 is 14.6 Å². The Kier molecular flexibility index (Phi) is 8.18. The number of nitro groups is 1. The molecule has 2 N–H and O–H groups in total. The van der Waals surface area contributed by atoms with Crippen LogP contribution in [0.2, 0.25) is 0 Å². The van der Waals surface area contributed by atoms with Crippen LogP contribution in [0.1, 0.15) is 38.7 Å². The summed E-state index contributed by atoms with van der Waals surface area (Å²) in [6.07, 6.45) is -0.0940. The molecule has 0 radical (unpaired) electrons. The average molecular weight is 484 g/mol. The first-order valence-corrected chi connectivity index (χ1v) is 11.4. The zero-order chi connectivity index (χ0) is 25.6. The second-order valence-corrected chi connectivity index (χ2v) is 8.45. The van der Waals surface area contributed by atoms with E-state index in [-0.39, 0.29) is 25.3 Å². The standard InChI is InChI=1S/C25H29N3O7/c1-4-34-23(29)21-19(27-26-17-11-13-18(14-12-17)28(32)33)15-25(3,31)22(24(30)35-5-2)20(21)16-9-7-6-8-10-16/h6-14,20-22,26,31H,4-5,15H2,1-3H3/b27-19+/t20-,21+,22-,25+/m1/s1. The summed E-state index contributed by atoms with van der Waals surface area (Å²) >= 11 is 0. The van der Waals surface area contributed by atoms with Gasteiger partial charge in [0.15, 0.2) is 0 Å². The molecule has 1 fully saturated rings. The Morgan fingerprint density at radius 2 is 1.69 bits per heavy atom. The lowest BCUT2D eigenvalue weighted by atomic mass is 9.61. The molecule has 3 rings (SSSR count). The number of non-ortho nitro benzene ring substituents is 1. The molecule has 2 aromatic rings. The van der Waals surface area contributed by atoms with Crippen LogP contribution in [0.15, 0.2) is 59.7 Å². The minimum absolute atomic E-state index is 0.0744. The normalized spacial score (nSPS) is 25.0. The van der Waals surface area contributed by atoms with Crippen molar-refractivity contribution in [3.8, 4) is 0 Å². The summed E-state index contributed by atoms with van der Waals surface area (Å²) in [5, 5.41) is 26.7. The molecule has 35 heavy (non-hydrogen) atoms. The van der Waals surface area contributed by atoms with Crippen molar-refractivity contribution in [3.63, 3.8) is 0 Å². The van der Waals surface area contributed by atoms with E-state index in [1.54, 1.807) is 38.1 Å². The Morgan fingerprint density at radius 3 is 2.26 bits per heavy atom. The zero-order valence-corrected chi connectivity index (χ0v) is 19.8. The third-order valence-corrected chi connectivity index (χ3v) is 5.96. The molecule has 0 aliphatic heterocycles. The van der Waals surface area contributed by atoms with Crippen LogP contribution < -0.4 is 5.43 Å². The van der Waals surface area contributed by atoms with Crippen molar-refractivity contribution in [1.29, 1.82) is 0 Å². The molecule has 0 saturated heterocycles. The van der Waals surface area contributed by atoms with E-state index < -0.39 is 40.2 Å². The van der Waals surface area contributed by atoms with Crippen LogP contribution >= 0.6 is 0 Å². The smallest absolute Gasteiger partial charge is 0.315 e. The van der Waals surface area contributed by atoms with E-state index in [1.165, 1.54) is 31.2 Å². The molecule has 4 atom stereocenters. The van der Waals surface area contributed by atoms with Crippen LogP contribution in [0, 0.1) is 22.0 Å². The van der Waals surface area contributed by atoms with Crippen LogP contribution in [-0.4, -0.2) is 46.5 Å². The topological polar surface area (TPSA) is 140 Å². The summed E-state index contributed by atoms with van der Waals surface area (Å²) in [4.78, 5) is 36.7. The maximum Gasteiger partial charge on any atom is 0.315 e. The molecule has 1 aliphatic rings. The van der Waals surface area contributed by atoms with Gasteiger partial charge in [-0.3, -0.25) is 25.1 Å². The second-order valence-electron chi connectivity index (χ2n) is 8.45. The first-order chi connectivity index (χ1) is 16.7. The third kappa shape index (κ3) is 5.83. The van der Waals surface area contributed by atoms with Crippen molar-refractivity contribution in [2.75, 3.05) is 18.6 Å². The summed E-state index contributed by atoms with van der Waals surface area (Å²) in [5.41, 5.74) is 2.57. The molecule has 186 valence electrons. The van der Waals surface area contributed by atoms with Gasteiger partial charge in [-0.25, -0.2) is 0 Å². The Bertz CT molecular complexity index is 1080. The van der Waals surface area contributed by atoms with Gasteiger partial charge in [0.2, 0.25) is 0 Å². The second kappa shape index (κ2) is 11.1. The van der Waals surface area contributed by atoms with Crippen LogP contribution in [0.25, 0.3) is 0 Å². The minimum Gasteiger partial charge on any atom is -0.466 e. The van der Waals surface area contributed by atoms with Gasteiger partial charge in [-0.15, -0.1) is 0 Å². The molecular weight excluding hydrogens is 454 g/mol. The number of carbonyl (C=O) groups is 2. The number of benzene rings is 2. The Hall–Kier alpha value is -3.79. The number of anilines is 1. The molecule has 0 aromatic heterocycles. The number of nitrogens with one attached hydrogen (secondary N) is 1. The highest BCUT2D eigenvalue weighted by Gasteiger charge is 2.56. The lowest BCUT2D eigenvalue weighted by Gasteiger charge is -2.45. The maximum absolute atomic E-state index is 13.2. The number of hydrogen-bond acceptors (Lipinski definition) is 9. The highest BCUT2D eigenvalue weighted by molar-refractivity contribution is 6.06. The number of hydrogen-bond donors (Lipinski definition) is 2. The fourth-order valence-electron chi connectivity index (χ4n) is 4.48. The first kappa shape index (κ1) is 25.8. The average Bonchev–Trinajstić information content (AvgIpc) is 2.82. The van der Waals surface area contributed by atoms with Gasteiger partial charge in [-0.05, 0) is 38.5 Å². The number of carbonyl (C=O) groups excluding carboxylic acids is 2. The molecule has 10 nitrogen and oxygen atoms in total. The lowest BCUT2D eigenvalue weighted by molar-refractivity contribution is -0.384. The van der Waals surface area contributed by atoms with E-state index in [1.807, 2.05) is 6.07 Å². The fourth-order valence-corrected chi connectivity index (χ4v) is 4.48. The molecule has 1 saturated carbocycles. The SMILES string of the molecule is CCOC(=O)[C@H]1/C(=N/Nc2ccc([N+](=O)[O-])cc2)C[C@](C)(O)[C@@H](C(=O)OCC)[C@@H]1c1ccccc1. The zero-order valence-electron chi connectivity index (χ0n) is 19.8. The number of esters is 2. The molecule has 0 amide bonds. The van der Waals surface area contributed by atoms with Crippen LogP contribution in [0.4, 0.5) is 11.4 Å². The molecule has 2 aromatic carbocycles. The van der Waals surface area contributed by atoms with Gasteiger partial charge in [0.1, 0.15) is 5.92 Å². The van der Waals surface area contributed by atoms with E-state index in [9.17, 15) is 24.8 Å². The number of nitrogens with zero attached hydrogens (tertiary/aromatic N) is 2. The predicted molar refractivity (Wildman–Crippen MR) is 129 cm³/mol. The van der Waals surface area contributed by atoms with E-state index in [2.05, 4.69) is 10.5 Å². The van der Waals surface area contributed by atoms with E-state index >= 15 is 0 Å². The van der Waals surface area contributed by atoms with E-state index in [4.69, 9.17) is 9.47 Å². The molecule has 10 heteroatoms. The summed E-state index contributed by atoms with van der Waals surface area (Å²) in [7, 11) is 0. The first-order valence-electron chi connectivity index (χ1n) is 11.4. The summed E-state index contributed by atoms with van der Waals surface area (Å²) in [6.45, 7) is 5.13. The van der Waals surface area contributed by atoms with Crippen molar-refractivity contribution in [2.24, 2.45) is 16.9 Å². The predicted octanol–water partition coefficient (Wildman–Crippen LogP) is 3.66. The van der Waals surface area contributed by atoms with Crippen LogP contribution in [0.5, 0.6) is 0 Å². The van der Waals surface area contributed by atoms with Crippen molar-refractivity contribution in [2.45, 2.75) is 38.7 Å². The summed E-state index contributed by atoms with van der Waals surface area (Å²) in [6, 6.07) is 14.6. The highest BCUT2D eigenvalue weighted by Crippen LogP contribution is 2.47. The number of aliphatic hydroxyl groups is 1. The molecule has 0 heterocycles. The van der Waals surface area contributed by atoms with Gasteiger partial charge >= 0.3 is 11.9 Å². The lowest BCUT2D eigenvalue weighted by Crippen LogP contribution is -2.55. The Labute approximate surface area is 203 Å². The molecule has 0 bridgehead atoms. The molecule has 0 spiro atoms. The van der Waals surface area contributed by atoms with Crippen molar-refractivity contribution in [3.05, 3.63) is 70.3 Å². The van der Waals surface area contributed by atoms with Gasteiger partial charge in [0.25, 0.3) is 5.69 Å². The quantitative estimate of drug-likeness (QED) is 0.329. The number of hydrazone groups is 1. The molecule has 1 aliphatic carbocycles. The fraction of sp³-hybridized carbons (Fsp3) is 0.400. The van der Waals surface area contributed by atoms with Crippen molar-refractivity contribution >= 4 is 29.0 Å². The number of rotatable bonds is 8. The van der Waals surface area contributed by atoms with Crippen LogP contribution in [-0.2, 0) is 19.1 Å². The molecular formula is C25H29N3O7. The van der Waals surface area contributed by atoms with Crippen molar-refractivity contribution < 1.29 is 29.1 Å². The van der Waals surface area contributed by atoms with Gasteiger partial charge in [0, 0.05) is 24.5 Å². The monoisotopic (exact) mass is 483 g/mol. The molecule has 0 unspecified atom stereocenters. The number of ether oxygens (including phenoxy) is 2. The maximum atomic E-state index is 13.2. The highest BCUT2D eigenvalue weighted by atomic mass is 16.6. The van der Waals surface area contributed by atoms with Crippen molar-refractivity contribution in [1.82, 2.24) is 0 Å². The minimum atomic E-state index is -1.58. The summed E-state index contributed by atoms with van der Waals surface area (Å²) < 4.78 is 10.6. The van der Waals surface area contributed by atoms with Crippen LogP contribution in [0.3, 0.4) is 0 Å². The van der Waals surface area contributed by atoms with Gasteiger partial charge in [-0.1, -0.05) is 30.3 Å². The number of nitro benzene ring substituents is 1. The van der Waals surface area contributed by atoms with Gasteiger partial charge in [0.05, 0.1) is 41.1 Å². The Morgan fingerprint density at radius 1 is 1.09 bits per heavy atom. The largest absolute Gasteiger partial charge is 0.466 e. The van der Waals surface area contributed by atoms with Gasteiger partial charge in [-0.2, -0.15) is 5.10 Å². The van der Waals surface area contributed by atoms with E-state index in [0.29, 0.717) is 17.0 Å². The Balaban J connectivity index is 2.09.